The number of hydrogen-bond acceptors (Lipinski definition) is 4. The quantitative estimate of drug-likeness (QED) is 0.323. The Morgan fingerprint density at radius 2 is 1.92 bits per heavy atom. The lowest BCUT2D eigenvalue weighted by Gasteiger charge is -2.15. The van der Waals surface area contributed by atoms with E-state index in [1.54, 1.807) is 25.1 Å². The van der Waals surface area contributed by atoms with Gasteiger partial charge in [0.1, 0.15) is 17.2 Å². The fourth-order valence-electron chi connectivity index (χ4n) is 2.16. The van der Waals surface area contributed by atoms with Crippen LogP contribution in [0, 0.1) is 0 Å². The Kier molecular flexibility index (Phi) is 8.25. The van der Waals surface area contributed by atoms with Gasteiger partial charge >= 0.3 is 5.97 Å². The summed E-state index contributed by atoms with van der Waals surface area (Å²) in [5.41, 5.74) is 1.78. The second-order valence-corrected chi connectivity index (χ2v) is 6.54. The molecule has 1 unspecified atom stereocenters. The van der Waals surface area contributed by atoms with Crippen molar-refractivity contribution in [2.24, 2.45) is 0 Å². The highest BCUT2D eigenvalue weighted by atomic mass is 79.9. The average molecular weight is 428 g/mol. The van der Waals surface area contributed by atoms with Crippen molar-refractivity contribution in [1.29, 1.82) is 0 Å². The maximum Gasteiger partial charge on any atom is 0.324 e. The minimum absolute atomic E-state index is 0.317. The van der Waals surface area contributed by atoms with Crippen LogP contribution < -0.4 is 4.74 Å². The van der Waals surface area contributed by atoms with E-state index in [4.69, 9.17) is 25.8 Å². The summed E-state index contributed by atoms with van der Waals surface area (Å²) in [7, 11) is 0. The zero-order chi connectivity index (χ0) is 18.1. The summed E-state index contributed by atoms with van der Waals surface area (Å²) in [5.74, 6) is 0.167. The molecule has 0 amide bonds. The van der Waals surface area contributed by atoms with Gasteiger partial charge in [-0.25, -0.2) is 0 Å². The second-order valence-electron chi connectivity index (χ2n) is 5.18. The molecule has 0 saturated carbocycles. The van der Waals surface area contributed by atoms with Crippen LogP contribution in [0.3, 0.4) is 0 Å². The van der Waals surface area contributed by atoms with Crippen molar-refractivity contribution >= 4 is 33.5 Å². The summed E-state index contributed by atoms with van der Waals surface area (Å²) >= 11 is 9.39. The van der Waals surface area contributed by atoms with Crippen molar-refractivity contribution in [1.82, 2.24) is 0 Å². The predicted molar refractivity (Wildman–Crippen MR) is 101 cm³/mol. The van der Waals surface area contributed by atoms with Gasteiger partial charge in [-0.1, -0.05) is 63.9 Å². The van der Waals surface area contributed by atoms with Gasteiger partial charge in [0.15, 0.2) is 0 Å². The molecule has 0 radical (unpaired) electrons. The lowest BCUT2D eigenvalue weighted by molar-refractivity contribution is -0.142. The van der Waals surface area contributed by atoms with Crippen molar-refractivity contribution in [2.45, 2.75) is 18.4 Å². The highest BCUT2D eigenvalue weighted by molar-refractivity contribution is 9.09. The maximum absolute atomic E-state index is 11.9. The van der Waals surface area contributed by atoms with Gasteiger partial charge in [0.05, 0.1) is 19.8 Å². The van der Waals surface area contributed by atoms with E-state index in [0.29, 0.717) is 42.8 Å². The number of rotatable bonds is 9. The zero-order valence-electron chi connectivity index (χ0n) is 13.9. The number of halogens is 2. The summed E-state index contributed by atoms with van der Waals surface area (Å²) in [6, 6.07) is 15.1. The molecule has 0 heterocycles. The number of carbonyl (C=O) groups excluding carboxylic acids is 1. The normalized spacial score (nSPS) is 11.8. The first kappa shape index (κ1) is 19.8. The molecule has 0 N–H and O–H groups in total. The third kappa shape index (κ3) is 6.34. The molecule has 0 saturated heterocycles. The first-order chi connectivity index (χ1) is 12.1. The van der Waals surface area contributed by atoms with Gasteiger partial charge in [0.25, 0.3) is 0 Å². The Hall–Kier alpha value is -1.56. The van der Waals surface area contributed by atoms with Crippen LogP contribution in [0.5, 0.6) is 5.75 Å². The van der Waals surface area contributed by atoms with Gasteiger partial charge in [-0.3, -0.25) is 4.79 Å². The van der Waals surface area contributed by atoms with Gasteiger partial charge in [-0.05, 0) is 24.6 Å². The molecule has 6 heteroatoms. The fourth-order valence-corrected chi connectivity index (χ4v) is 2.83. The Bertz CT molecular complexity index is 678. The monoisotopic (exact) mass is 426 g/mol. The van der Waals surface area contributed by atoms with Crippen LogP contribution in [-0.2, 0) is 20.9 Å². The molecule has 2 aromatic rings. The SMILES string of the molecule is CCOC(=O)C(Br)c1ccc(Cl)cc1OCCOCc1ccccc1. The number of ether oxygens (including phenoxy) is 3. The van der Waals surface area contributed by atoms with Crippen molar-refractivity contribution in [3.05, 3.63) is 64.7 Å². The number of alkyl halides is 1. The average Bonchev–Trinajstić information content (AvgIpc) is 2.62. The molecule has 134 valence electrons. The minimum atomic E-state index is -0.607. The highest BCUT2D eigenvalue weighted by Crippen LogP contribution is 2.34. The molecule has 0 aromatic heterocycles. The summed E-state index contributed by atoms with van der Waals surface area (Å²) in [4.78, 5) is 11.3. The highest BCUT2D eigenvalue weighted by Gasteiger charge is 2.22. The molecule has 4 nitrogen and oxygen atoms in total. The van der Waals surface area contributed by atoms with Crippen molar-refractivity contribution in [2.75, 3.05) is 19.8 Å². The Morgan fingerprint density at radius 3 is 2.64 bits per heavy atom. The van der Waals surface area contributed by atoms with E-state index < -0.39 is 4.83 Å². The van der Waals surface area contributed by atoms with Crippen LogP contribution in [-0.4, -0.2) is 25.8 Å². The molecular weight excluding hydrogens is 408 g/mol. The van der Waals surface area contributed by atoms with Crippen LogP contribution >= 0.6 is 27.5 Å². The van der Waals surface area contributed by atoms with E-state index in [-0.39, 0.29) is 5.97 Å². The summed E-state index contributed by atoms with van der Waals surface area (Å²) < 4.78 is 16.4. The van der Waals surface area contributed by atoms with E-state index in [0.717, 1.165) is 5.56 Å². The first-order valence-corrected chi connectivity index (χ1v) is 9.25. The molecule has 25 heavy (non-hydrogen) atoms. The standard InChI is InChI=1S/C19H20BrClO4/c1-2-24-19(22)18(20)16-9-8-15(21)12-17(16)25-11-10-23-13-14-6-4-3-5-7-14/h3-9,12,18H,2,10-11,13H2,1H3. The molecule has 1 atom stereocenters. The van der Waals surface area contributed by atoms with Crippen LogP contribution in [0.2, 0.25) is 5.02 Å². The zero-order valence-corrected chi connectivity index (χ0v) is 16.3. The summed E-state index contributed by atoms with van der Waals surface area (Å²) in [5, 5.41) is 0.535. The number of hydrogen-bond donors (Lipinski definition) is 0. The first-order valence-electron chi connectivity index (χ1n) is 7.96. The lowest BCUT2D eigenvalue weighted by Crippen LogP contribution is -2.13. The van der Waals surface area contributed by atoms with Gasteiger partial charge in [-0.2, -0.15) is 0 Å². The summed E-state index contributed by atoms with van der Waals surface area (Å²) in [6.07, 6.45) is 0. The third-order valence-electron chi connectivity index (χ3n) is 3.34. The molecule has 0 aliphatic rings. The molecule has 2 aromatic carbocycles. The molecule has 0 spiro atoms. The third-order valence-corrected chi connectivity index (χ3v) is 4.44. The predicted octanol–water partition coefficient (Wildman–Crippen LogP) is 4.93. The molecule has 0 aliphatic carbocycles. The summed E-state index contributed by atoms with van der Waals surface area (Å²) in [6.45, 7) is 3.38. The number of benzene rings is 2. The van der Waals surface area contributed by atoms with Gasteiger partial charge in [-0.15, -0.1) is 0 Å². The molecule has 2 rings (SSSR count). The topological polar surface area (TPSA) is 44.8 Å². The van der Waals surface area contributed by atoms with E-state index in [1.165, 1.54) is 0 Å². The van der Waals surface area contributed by atoms with Crippen LogP contribution in [0.1, 0.15) is 22.9 Å². The van der Waals surface area contributed by atoms with Crippen LogP contribution in [0.4, 0.5) is 0 Å². The van der Waals surface area contributed by atoms with Gasteiger partial charge in [0, 0.05) is 10.6 Å². The van der Waals surface area contributed by atoms with Gasteiger partial charge in [0.2, 0.25) is 0 Å². The number of esters is 1. The molecule has 0 aliphatic heterocycles. The number of carbonyl (C=O) groups is 1. The van der Waals surface area contributed by atoms with E-state index >= 15 is 0 Å². The van der Waals surface area contributed by atoms with Crippen molar-refractivity contribution in [3.8, 4) is 5.75 Å². The Labute approximate surface area is 161 Å². The van der Waals surface area contributed by atoms with Crippen LogP contribution in [0.15, 0.2) is 48.5 Å². The van der Waals surface area contributed by atoms with Crippen LogP contribution in [0.25, 0.3) is 0 Å². The molecular formula is C19H20BrClO4. The molecule has 0 bridgehead atoms. The Morgan fingerprint density at radius 1 is 1.16 bits per heavy atom. The largest absolute Gasteiger partial charge is 0.491 e. The smallest absolute Gasteiger partial charge is 0.324 e. The van der Waals surface area contributed by atoms with E-state index in [2.05, 4.69) is 15.9 Å². The lowest BCUT2D eigenvalue weighted by atomic mass is 10.1. The van der Waals surface area contributed by atoms with Crippen molar-refractivity contribution < 1.29 is 19.0 Å². The second kappa shape index (κ2) is 10.4. The fraction of sp³-hybridized carbons (Fsp3) is 0.316. The van der Waals surface area contributed by atoms with E-state index in [1.807, 2.05) is 30.3 Å². The Balaban J connectivity index is 1.90. The molecule has 0 fully saturated rings. The maximum atomic E-state index is 11.9. The minimum Gasteiger partial charge on any atom is -0.491 e. The van der Waals surface area contributed by atoms with Crippen molar-refractivity contribution in [3.63, 3.8) is 0 Å². The van der Waals surface area contributed by atoms with Gasteiger partial charge < -0.3 is 14.2 Å². The van der Waals surface area contributed by atoms with E-state index in [9.17, 15) is 4.79 Å².